The summed E-state index contributed by atoms with van der Waals surface area (Å²) in [5.41, 5.74) is 0.799. The van der Waals surface area contributed by atoms with Crippen LogP contribution in [0.5, 0.6) is 5.75 Å². The zero-order valence-electron chi connectivity index (χ0n) is 6.05. The van der Waals surface area contributed by atoms with E-state index in [9.17, 15) is 9.90 Å². The normalized spacial score (nSPS) is 9.83. The Bertz CT molecular complexity index is 312. The summed E-state index contributed by atoms with van der Waals surface area (Å²) in [6.45, 7) is 0. The van der Waals surface area contributed by atoms with Gasteiger partial charge < -0.3 is 5.11 Å². The third-order valence-corrected chi connectivity index (χ3v) is 2.20. The molecule has 0 saturated heterocycles. The zero-order valence-corrected chi connectivity index (χ0v) is 8.39. The van der Waals surface area contributed by atoms with Crippen molar-refractivity contribution in [1.29, 1.82) is 0 Å². The van der Waals surface area contributed by atoms with Gasteiger partial charge in [-0.2, -0.15) is 0 Å². The summed E-state index contributed by atoms with van der Waals surface area (Å²) in [5, 5.41) is 9.38. The molecule has 1 rings (SSSR count). The molecule has 0 saturated carbocycles. The van der Waals surface area contributed by atoms with E-state index in [1.165, 1.54) is 0 Å². The standard InChI is InChI=1S/C8H6BrClO2/c9-7-1-5(3-10)8(12)6(2-7)4-11/h1-2,4,12H,3H2. The predicted octanol–water partition coefficient (Wildman–Crippen LogP) is 2.71. The van der Waals surface area contributed by atoms with Gasteiger partial charge in [-0.15, -0.1) is 11.6 Å². The summed E-state index contributed by atoms with van der Waals surface area (Å²) in [7, 11) is 0. The first-order valence-corrected chi connectivity index (χ1v) is 4.54. The van der Waals surface area contributed by atoms with E-state index in [4.69, 9.17) is 11.6 Å². The lowest BCUT2D eigenvalue weighted by molar-refractivity contribution is 0.112. The van der Waals surface area contributed by atoms with Gasteiger partial charge in [-0.1, -0.05) is 15.9 Å². The van der Waals surface area contributed by atoms with Crippen LogP contribution in [0.2, 0.25) is 0 Å². The second-order valence-corrected chi connectivity index (χ2v) is 3.44. The van der Waals surface area contributed by atoms with Gasteiger partial charge in [0.05, 0.1) is 11.4 Å². The Morgan fingerprint density at radius 3 is 2.75 bits per heavy atom. The maximum Gasteiger partial charge on any atom is 0.153 e. The smallest absolute Gasteiger partial charge is 0.153 e. The number of halogens is 2. The molecule has 0 bridgehead atoms. The second-order valence-electron chi connectivity index (χ2n) is 2.25. The van der Waals surface area contributed by atoms with Gasteiger partial charge in [-0.25, -0.2) is 0 Å². The molecule has 1 aromatic carbocycles. The molecule has 0 unspecified atom stereocenters. The molecular weight excluding hydrogens is 243 g/mol. The minimum Gasteiger partial charge on any atom is -0.507 e. The third-order valence-electron chi connectivity index (χ3n) is 1.45. The summed E-state index contributed by atoms with van der Waals surface area (Å²) in [5.74, 6) is 0.148. The van der Waals surface area contributed by atoms with Gasteiger partial charge >= 0.3 is 0 Å². The fourth-order valence-electron chi connectivity index (χ4n) is 0.870. The lowest BCUT2D eigenvalue weighted by Crippen LogP contribution is -1.87. The molecule has 0 aliphatic carbocycles. The molecule has 64 valence electrons. The number of hydrogen-bond donors (Lipinski definition) is 1. The van der Waals surface area contributed by atoms with E-state index in [1.54, 1.807) is 12.1 Å². The fraction of sp³-hybridized carbons (Fsp3) is 0.125. The average Bonchev–Trinajstić information content (AvgIpc) is 2.08. The monoisotopic (exact) mass is 248 g/mol. The number of rotatable bonds is 2. The number of carbonyl (C=O) groups is 1. The lowest BCUT2D eigenvalue weighted by Gasteiger charge is -2.03. The molecule has 0 fully saturated rings. The van der Waals surface area contributed by atoms with Crippen molar-refractivity contribution in [3.8, 4) is 5.75 Å². The molecule has 0 aliphatic heterocycles. The lowest BCUT2D eigenvalue weighted by atomic mass is 10.1. The first-order valence-electron chi connectivity index (χ1n) is 3.21. The van der Waals surface area contributed by atoms with Crippen LogP contribution in [-0.2, 0) is 5.88 Å². The minimum atomic E-state index is -0.0387. The van der Waals surface area contributed by atoms with Crippen molar-refractivity contribution in [3.63, 3.8) is 0 Å². The third kappa shape index (κ3) is 1.79. The molecule has 0 aromatic heterocycles. The van der Waals surface area contributed by atoms with E-state index in [2.05, 4.69) is 15.9 Å². The van der Waals surface area contributed by atoms with E-state index < -0.39 is 0 Å². The fourth-order valence-corrected chi connectivity index (χ4v) is 1.60. The van der Waals surface area contributed by atoms with Crippen molar-refractivity contribution in [2.45, 2.75) is 5.88 Å². The highest BCUT2D eigenvalue weighted by atomic mass is 79.9. The van der Waals surface area contributed by atoms with Crippen molar-refractivity contribution in [2.24, 2.45) is 0 Å². The molecule has 12 heavy (non-hydrogen) atoms. The second kappa shape index (κ2) is 3.92. The summed E-state index contributed by atoms with van der Waals surface area (Å²) in [6, 6.07) is 3.22. The number of benzene rings is 1. The van der Waals surface area contributed by atoms with Crippen molar-refractivity contribution >= 4 is 33.8 Å². The van der Waals surface area contributed by atoms with Crippen LogP contribution in [0, 0.1) is 0 Å². The van der Waals surface area contributed by atoms with Crippen LogP contribution in [0.4, 0.5) is 0 Å². The summed E-state index contributed by atoms with van der Waals surface area (Å²) >= 11 is 8.74. The Kier molecular flexibility index (Phi) is 3.12. The molecule has 0 aliphatic rings. The SMILES string of the molecule is O=Cc1cc(Br)cc(CCl)c1O. The van der Waals surface area contributed by atoms with Crippen LogP contribution in [0.1, 0.15) is 15.9 Å². The maximum atomic E-state index is 10.4. The molecule has 4 heteroatoms. The average molecular weight is 249 g/mol. The highest BCUT2D eigenvalue weighted by Crippen LogP contribution is 2.27. The molecule has 0 amide bonds. The molecule has 0 radical (unpaired) electrons. The van der Waals surface area contributed by atoms with Gasteiger partial charge in [0, 0.05) is 10.0 Å². The Balaban J connectivity index is 3.31. The van der Waals surface area contributed by atoms with E-state index in [0.29, 0.717) is 11.8 Å². The number of hydrogen-bond acceptors (Lipinski definition) is 2. The minimum absolute atomic E-state index is 0.0387. The molecular formula is C8H6BrClO2. The van der Waals surface area contributed by atoms with Crippen LogP contribution in [0.25, 0.3) is 0 Å². The van der Waals surface area contributed by atoms with Gasteiger partial charge in [-0.05, 0) is 12.1 Å². The van der Waals surface area contributed by atoms with Crippen LogP contribution in [0.3, 0.4) is 0 Å². The van der Waals surface area contributed by atoms with E-state index >= 15 is 0 Å². The summed E-state index contributed by atoms with van der Waals surface area (Å²) in [6.07, 6.45) is 0.593. The van der Waals surface area contributed by atoms with Crippen molar-refractivity contribution in [3.05, 3.63) is 27.7 Å². The molecule has 2 nitrogen and oxygen atoms in total. The number of aromatic hydroxyl groups is 1. The first kappa shape index (κ1) is 9.55. The number of carbonyl (C=O) groups excluding carboxylic acids is 1. The number of aldehydes is 1. The topological polar surface area (TPSA) is 37.3 Å². The first-order chi connectivity index (χ1) is 5.69. The highest BCUT2D eigenvalue weighted by molar-refractivity contribution is 9.10. The van der Waals surface area contributed by atoms with Crippen LogP contribution in [0.15, 0.2) is 16.6 Å². The highest BCUT2D eigenvalue weighted by Gasteiger charge is 2.06. The molecule has 0 atom stereocenters. The predicted molar refractivity (Wildman–Crippen MR) is 50.8 cm³/mol. The number of phenolic OH excluding ortho intramolecular Hbond substituents is 1. The zero-order chi connectivity index (χ0) is 9.14. The Morgan fingerprint density at radius 2 is 2.25 bits per heavy atom. The summed E-state index contributed by atoms with van der Waals surface area (Å²) < 4.78 is 0.734. The van der Waals surface area contributed by atoms with Crippen molar-refractivity contribution in [1.82, 2.24) is 0 Å². The Labute approximate surface area is 83.3 Å². The number of alkyl halides is 1. The van der Waals surface area contributed by atoms with Crippen molar-refractivity contribution in [2.75, 3.05) is 0 Å². The largest absolute Gasteiger partial charge is 0.507 e. The van der Waals surface area contributed by atoms with Gasteiger partial charge in [0.2, 0.25) is 0 Å². The van der Waals surface area contributed by atoms with Gasteiger partial charge in [0.15, 0.2) is 6.29 Å². The molecule has 0 heterocycles. The van der Waals surface area contributed by atoms with Gasteiger partial charge in [0.25, 0.3) is 0 Å². The Morgan fingerprint density at radius 1 is 1.58 bits per heavy atom. The van der Waals surface area contributed by atoms with Crippen LogP contribution in [-0.4, -0.2) is 11.4 Å². The molecule has 1 aromatic rings. The van der Waals surface area contributed by atoms with Gasteiger partial charge in [-0.3, -0.25) is 4.79 Å². The van der Waals surface area contributed by atoms with E-state index in [-0.39, 0.29) is 17.2 Å². The van der Waals surface area contributed by atoms with Crippen LogP contribution < -0.4 is 0 Å². The van der Waals surface area contributed by atoms with Gasteiger partial charge in [0.1, 0.15) is 5.75 Å². The molecule has 1 N–H and O–H groups in total. The quantitative estimate of drug-likeness (QED) is 0.646. The summed E-state index contributed by atoms with van der Waals surface area (Å²) in [4.78, 5) is 10.4. The molecule has 0 spiro atoms. The number of phenols is 1. The van der Waals surface area contributed by atoms with E-state index in [1.807, 2.05) is 0 Å². The van der Waals surface area contributed by atoms with Crippen LogP contribution >= 0.6 is 27.5 Å². The van der Waals surface area contributed by atoms with E-state index in [0.717, 1.165) is 4.47 Å². The van der Waals surface area contributed by atoms with Crippen molar-refractivity contribution < 1.29 is 9.90 Å². The maximum absolute atomic E-state index is 10.4. The Hall–Kier alpha value is -0.540.